The third-order valence-corrected chi connectivity index (χ3v) is 3.18. The van der Waals surface area contributed by atoms with E-state index in [1.54, 1.807) is 0 Å². The van der Waals surface area contributed by atoms with Crippen LogP contribution in [0.15, 0.2) is 30.5 Å². The first kappa shape index (κ1) is 10.6. The molecule has 0 bridgehead atoms. The number of nitrogens with zero attached hydrogens (tertiary/aromatic N) is 2. The summed E-state index contributed by atoms with van der Waals surface area (Å²) >= 11 is 0. The van der Waals surface area contributed by atoms with Crippen LogP contribution in [0.2, 0.25) is 0 Å². The molecule has 17 heavy (non-hydrogen) atoms. The molecule has 2 aromatic rings. The van der Waals surface area contributed by atoms with Gasteiger partial charge in [-0.3, -0.25) is 4.98 Å². The normalized spacial score (nSPS) is 16.4. The summed E-state index contributed by atoms with van der Waals surface area (Å²) in [5.41, 5.74) is 3.52. The van der Waals surface area contributed by atoms with Crippen LogP contribution in [0.3, 0.4) is 0 Å². The van der Waals surface area contributed by atoms with Crippen molar-refractivity contribution in [2.75, 3.05) is 31.2 Å². The lowest BCUT2D eigenvalue weighted by atomic mass is 9.97. The third-order valence-electron chi connectivity index (χ3n) is 3.18. The maximum atomic E-state index is 5.37. The predicted octanol–water partition coefficient (Wildman–Crippen LogP) is 0.330. The average Bonchev–Trinajstić information content (AvgIpc) is 2.39. The lowest BCUT2D eigenvalue weighted by Gasteiger charge is -2.28. The molecule has 1 saturated heterocycles. The highest BCUT2D eigenvalue weighted by Crippen LogP contribution is 2.20. The number of ether oxygens (including phenoxy) is 1. The molecule has 0 atom stereocenters. The topological polar surface area (TPSA) is 25.4 Å². The molecule has 1 aromatic carbocycles. The molecular formula is C13H15BN2O. The van der Waals surface area contributed by atoms with Crippen molar-refractivity contribution >= 4 is 29.9 Å². The van der Waals surface area contributed by atoms with Gasteiger partial charge in [0.05, 0.1) is 18.7 Å². The Balaban J connectivity index is 1.98. The van der Waals surface area contributed by atoms with Gasteiger partial charge >= 0.3 is 0 Å². The molecule has 0 radical (unpaired) electrons. The molecule has 0 N–H and O–H groups in total. The Bertz CT molecular complexity index is 538. The smallest absolute Gasteiger partial charge is 0.141 e. The standard InChI is InChI=1S/C13H15BN2O/c14-11-7-10-1-2-12(8-13(10)15-9-11)16-3-5-17-6-4-16/h1-2,7-9H,3-6,14H2. The number of anilines is 1. The van der Waals surface area contributed by atoms with Gasteiger partial charge in [-0.1, -0.05) is 17.6 Å². The summed E-state index contributed by atoms with van der Waals surface area (Å²) in [4.78, 5) is 6.83. The van der Waals surface area contributed by atoms with Gasteiger partial charge in [0, 0.05) is 25.0 Å². The van der Waals surface area contributed by atoms with Gasteiger partial charge in [0.25, 0.3) is 0 Å². The zero-order chi connectivity index (χ0) is 11.7. The largest absolute Gasteiger partial charge is 0.378 e. The number of aromatic nitrogens is 1. The molecule has 0 saturated carbocycles. The van der Waals surface area contributed by atoms with E-state index in [0.717, 1.165) is 31.8 Å². The van der Waals surface area contributed by atoms with Crippen LogP contribution in [-0.4, -0.2) is 39.1 Å². The molecule has 86 valence electrons. The molecule has 0 unspecified atom stereocenters. The summed E-state index contributed by atoms with van der Waals surface area (Å²) in [6.45, 7) is 3.58. The Morgan fingerprint density at radius 2 is 2.00 bits per heavy atom. The SMILES string of the molecule is Bc1cnc2cc(N3CCOCC3)ccc2c1. The molecule has 0 amide bonds. The van der Waals surface area contributed by atoms with E-state index < -0.39 is 0 Å². The van der Waals surface area contributed by atoms with Gasteiger partial charge in [0.1, 0.15) is 7.85 Å². The summed E-state index contributed by atoms with van der Waals surface area (Å²) in [5, 5.41) is 1.21. The minimum absolute atomic E-state index is 0.819. The monoisotopic (exact) mass is 226 g/mol. The molecule has 1 aliphatic rings. The van der Waals surface area contributed by atoms with E-state index in [1.165, 1.54) is 16.5 Å². The number of hydrogen-bond donors (Lipinski definition) is 0. The van der Waals surface area contributed by atoms with Crippen molar-refractivity contribution in [2.24, 2.45) is 0 Å². The third kappa shape index (κ3) is 2.13. The fourth-order valence-corrected chi connectivity index (χ4v) is 2.24. The van der Waals surface area contributed by atoms with Crippen molar-refractivity contribution in [1.82, 2.24) is 4.98 Å². The van der Waals surface area contributed by atoms with Crippen molar-refractivity contribution in [3.8, 4) is 0 Å². The molecule has 1 fully saturated rings. The minimum Gasteiger partial charge on any atom is -0.378 e. The number of hydrogen-bond acceptors (Lipinski definition) is 3. The Hall–Kier alpha value is -1.55. The molecule has 4 heteroatoms. The van der Waals surface area contributed by atoms with Crippen LogP contribution < -0.4 is 10.4 Å². The zero-order valence-electron chi connectivity index (χ0n) is 10.0. The van der Waals surface area contributed by atoms with E-state index in [1.807, 2.05) is 6.20 Å². The number of pyridine rings is 1. The highest BCUT2D eigenvalue weighted by atomic mass is 16.5. The zero-order valence-corrected chi connectivity index (χ0v) is 10.0. The molecule has 1 aromatic heterocycles. The number of morpholine rings is 1. The van der Waals surface area contributed by atoms with Gasteiger partial charge in [-0.25, -0.2) is 0 Å². The molecule has 0 aliphatic carbocycles. The molecule has 0 spiro atoms. The van der Waals surface area contributed by atoms with Crippen LogP contribution in [0, 0.1) is 0 Å². The lowest BCUT2D eigenvalue weighted by Crippen LogP contribution is -2.36. The maximum Gasteiger partial charge on any atom is 0.141 e. The van der Waals surface area contributed by atoms with Crippen LogP contribution in [0.5, 0.6) is 0 Å². The van der Waals surface area contributed by atoms with E-state index in [-0.39, 0.29) is 0 Å². The van der Waals surface area contributed by atoms with Crippen molar-refractivity contribution in [3.63, 3.8) is 0 Å². The highest BCUT2D eigenvalue weighted by Gasteiger charge is 2.11. The quantitative estimate of drug-likeness (QED) is 0.655. The second-order valence-electron chi connectivity index (χ2n) is 4.49. The van der Waals surface area contributed by atoms with Gasteiger partial charge in [-0.2, -0.15) is 0 Å². The van der Waals surface area contributed by atoms with Crippen molar-refractivity contribution in [1.29, 1.82) is 0 Å². The van der Waals surface area contributed by atoms with Gasteiger partial charge in [-0.05, 0) is 17.5 Å². The Labute approximate surface area is 102 Å². The number of fused-ring (bicyclic) bond motifs is 1. The van der Waals surface area contributed by atoms with Gasteiger partial charge in [0.15, 0.2) is 0 Å². The fraction of sp³-hybridized carbons (Fsp3) is 0.308. The number of benzene rings is 1. The van der Waals surface area contributed by atoms with Crippen molar-refractivity contribution in [3.05, 3.63) is 30.5 Å². The summed E-state index contributed by atoms with van der Waals surface area (Å²) < 4.78 is 5.37. The van der Waals surface area contributed by atoms with E-state index >= 15 is 0 Å². The van der Waals surface area contributed by atoms with Crippen LogP contribution >= 0.6 is 0 Å². The van der Waals surface area contributed by atoms with E-state index in [0.29, 0.717) is 0 Å². The predicted molar refractivity (Wildman–Crippen MR) is 73.0 cm³/mol. The highest BCUT2D eigenvalue weighted by molar-refractivity contribution is 6.32. The molecule has 3 nitrogen and oxygen atoms in total. The van der Waals surface area contributed by atoms with Crippen LogP contribution in [0.4, 0.5) is 5.69 Å². The van der Waals surface area contributed by atoms with Gasteiger partial charge in [-0.15, -0.1) is 0 Å². The van der Waals surface area contributed by atoms with E-state index in [9.17, 15) is 0 Å². The summed E-state index contributed by atoms with van der Waals surface area (Å²) in [5.74, 6) is 0. The van der Waals surface area contributed by atoms with Crippen molar-refractivity contribution in [2.45, 2.75) is 0 Å². The fourth-order valence-electron chi connectivity index (χ4n) is 2.24. The molecule has 3 rings (SSSR count). The maximum absolute atomic E-state index is 5.37. The van der Waals surface area contributed by atoms with Gasteiger partial charge < -0.3 is 9.64 Å². The summed E-state index contributed by atoms with van der Waals surface area (Å²) in [6, 6.07) is 8.67. The number of rotatable bonds is 1. The Morgan fingerprint density at radius 3 is 2.82 bits per heavy atom. The first-order valence-corrected chi connectivity index (χ1v) is 6.02. The van der Waals surface area contributed by atoms with Crippen LogP contribution in [0.25, 0.3) is 10.9 Å². The van der Waals surface area contributed by atoms with E-state index in [2.05, 4.69) is 42.0 Å². The Morgan fingerprint density at radius 1 is 1.18 bits per heavy atom. The van der Waals surface area contributed by atoms with Crippen LogP contribution in [-0.2, 0) is 4.74 Å². The minimum atomic E-state index is 0.819. The second kappa shape index (κ2) is 4.38. The lowest BCUT2D eigenvalue weighted by molar-refractivity contribution is 0.122. The summed E-state index contributed by atoms with van der Waals surface area (Å²) in [7, 11) is 2.07. The first-order valence-electron chi connectivity index (χ1n) is 6.02. The molecule has 1 aliphatic heterocycles. The first-order chi connectivity index (χ1) is 8.33. The van der Waals surface area contributed by atoms with Crippen molar-refractivity contribution < 1.29 is 4.74 Å². The molecule has 2 heterocycles. The van der Waals surface area contributed by atoms with E-state index in [4.69, 9.17) is 4.74 Å². The molecular weight excluding hydrogens is 211 g/mol. The summed E-state index contributed by atoms with van der Waals surface area (Å²) in [6.07, 6.45) is 1.92. The second-order valence-corrected chi connectivity index (χ2v) is 4.49. The average molecular weight is 226 g/mol. The van der Waals surface area contributed by atoms with Gasteiger partial charge in [0.2, 0.25) is 0 Å². The Kier molecular flexibility index (Phi) is 2.73. The van der Waals surface area contributed by atoms with Crippen LogP contribution in [0.1, 0.15) is 0 Å².